The van der Waals surface area contributed by atoms with Crippen LogP contribution in [0.25, 0.3) is 44.0 Å². The second kappa shape index (κ2) is 8.22. The van der Waals surface area contributed by atoms with Crippen LogP contribution in [0.1, 0.15) is 22.8 Å². The molecule has 0 amide bonds. The molecule has 5 aromatic rings. The van der Waals surface area contributed by atoms with E-state index in [2.05, 4.69) is 9.55 Å². The lowest BCUT2D eigenvalue weighted by Crippen LogP contribution is -2.06. The fraction of sp³-hybridized carbons (Fsp3) is 0.231. The van der Waals surface area contributed by atoms with Gasteiger partial charge < -0.3 is 19.0 Å². The number of fused-ring (bicyclic) bond motifs is 4. The first-order chi connectivity index (χ1) is 16.3. The zero-order valence-corrected chi connectivity index (χ0v) is 19.0. The molecule has 6 nitrogen and oxygen atoms in total. The van der Waals surface area contributed by atoms with E-state index in [-0.39, 0.29) is 11.3 Å². The molecule has 0 bridgehead atoms. The van der Waals surface area contributed by atoms with Crippen molar-refractivity contribution in [1.29, 1.82) is 0 Å². The lowest BCUT2D eigenvalue weighted by atomic mass is 9.98. The van der Waals surface area contributed by atoms with Gasteiger partial charge in [-0.25, -0.2) is 18.6 Å². The van der Waals surface area contributed by atoms with Crippen molar-refractivity contribution in [2.24, 2.45) is 0 Å². The molecule has 0 unspecified atom stereocenters. The third-order valence-electron chi connectivity index (χ3n) is 6.33. The van der Waals surface area contributed by atoms with Crippen molar-refractivity contribution in [1.82, 2.24) is 14.1 Å². The van der Waals surface area contributed by atoms with Gasteiger partial charge in [-0.1, -0.05) is 6.07 Å². The van der Waals surface area contributed by atoms with Crippen molar-refractivity contribution >= 4 is 38.8 Å². The number of nitrogens with zero attached hydrogens (tertiary/aromatic N) is 3. The number of aromatic carboxylic acids is 1. The molecule has 8 heteroatoms. The number of rotatable bonds is 6. The Labute approximate surface area is 194 Å². The zero-order chi connectivity index (χ0) is 24.1. The minimum atomic E-state index is -1.37. The summed E-state index contributed by atoms with van der Waals surface area (Å²) in [6.45, 7) is 5.43. The molecular weight excluding hydrogens is 440 g/mol. The van der Waals surface area contributed by atoms with E-state index in [9.17, 15) is 14.3 Å². The van der Waals surface area contributed by atoms with Crippen LogP contribution in [0.15, 0.2) is 42.7 Å². The third-order valence-corrected chi connectivity index (χ3v) is 6.33. The van der Waals surface area contributed by atoms with Crippen LogP contribution in [-0.4, -0.2) is 38.9 Å². The number of hydrogen-bond donors (Lipinski definition) is 1. The standard InChI is InChI=1S/C26H23F2N3O3/c1-4-31-21-6-5-15(10-18(21)19-11-16(27)9-14(2)24(19)31)17-12-20(26(32)33)22(28)23-25(17)30(13-29-23)7-8-34-3/h5-6,9-13H,4,7-8H2,1-3H3,(H,32,33). The first kappa shape index (κ1) is 22.0. The van der Waals surface area contributed by atoms with E-state index in [0.29, 0.717) is 36.3 Å². The molecule has 0 saturated heterocycles. The second-order valence-corrected chi connectivity index (χ2v) is 8.31. The highest BCUT2D eigenvalue weighted by Gasteiger charge is 2.22. The number of carbonyl (C=O) groups is 1. The number of hydrogen-bond acceptors (Lipinski definition) is 3. The summed E-state index contributed by atoms with van der Waals surface area (Å²) in [6, 6.07) is 10.1. The summed E-state index contributed by atoms with van der Waals surface area (Å²) >= 11 is 0. The number of benzene rings is 3. The fourth-order valence-corrected chi connectivity index (χ4v) is 4.87. The van der Waals surface area contributed by atoms with Gasteiger partial charge in [0.25, 0.3) is 0 Å². The molecule has 0 fully saturated rings. The van der Waals surface area contributed by atoms with Crippen LogP contribution in [-0.2, 0) is 17.8 Å². The van der Waals surface area contributed by atoms with Crippen LogP contribution >= 0.6 is 0 Å². The molecule has 0 spiro atoms. The quantitative estimate of drug-likeness (QED) is 0.348. The molecule has 0 radical (unpaired) electrons. The van der Waals surface area contributed by atoms with E-state index < -0.39 is 17.3 Å². The number of aromatic nitrogens is 3. The topological polar surface area (TPSA) is 69.3 Å². The first-order valence-electron chi connectivity index (χ1n) is 11.0. The van der Waals surface area contributed by atoms with Crippen molar-refractivity contribution in [2.75, 3.05) is 13.7 Å². The molecule has 2 aromatic heterocycles. The molecule has 174 valence electrons. The summed E-state index contributed by atoms with van der Waals surface area (Å²) in [5.74, 6) is -2.56. The third kappa shape index (κ3) is 3.25. The van der Waals surface area contributed by atoms with Crippen molar-refractivity contribution in [2.45, 2.75) is 26.9 Å². The fourth-order valence-electron chi connectivity index (χ4n) is 4.87. The summed E-state index contributed by atoms with van der Waals surface area (Å²) in [7, 11) is 1.57. The van der Waals surface area contributed by atoms with E-state index in [1.807, 2.05) is 32.0 Å². The van der Waals surface area contributed by atoms with Crippen LogP contribution in [0.5, 0.6) is 0 Å². The van der Waals surface area contributed by atoms with Gasteiger partial charge in [0.15, 0.2) is 5.82 Å². The number of halogens is 2. The molecule has 34 heavy (non-hydrogen) atoms. The Kier molecular flexibility index (Phi) is 5.32. The van der Waals surface area contributed by atoms with Crippen LogP contribution in [0, 0.1) is 18.6 Å². The molecule has 0 atom stereocenters. The number of aryl methyl sites for hydroxylation is 2. The van der Waals surface area contributed by atoms with Crippen LogP contribution < -0.4 is 0 Å². The summed E-state index contributed by atoms with van der Waals surface area (Å²) in [5, 5.41) is 11.2. The van der Waals surface area contributed by atoms with Gasteiger partial charge in [-0.3, -0.25) is 0 Å². The summed E-state index contributed by atoms with van der Waals surface area (Å²) in [4.78, 5) is 16.0. The highest BCUT2D eigenvalue weighted by Crippen LogP contribution is 2.38. The lowest BCUT2D eigenvalue weighted by molar-refractivity contribution is 0.0692. The summed E-state index contributed by atoms with van der Waals surface area (Å²) in [6.07, 6.45) is 1.49. The van der Waals surface area contributed by atoms with Gasteiger partial charge in [-0.05, 0) is 55.3 Å². The maximum Gasteiger partial charge on any atom is 0.338 e. The smallest absolute Gasteiger partial charge is 0.338 e. The molecule has 0 aliphatic rings. The van der Waals surface area contributed by atoms with E-state index in [4.69, 9.17) is 4.74 Å². The predicted octanol–water partition coefficient (Wildman–Crippen LogP) is 5.76. The molecule has 1 N–H and O–H groups in total. The molecular formula is C26H23F2N3O3. The zero-order valence-electron chi connectivity index (χ0n) is 19.0. The maximum atomic E-state index is 15.0. The van der Waals surface area contributed by atoms with Crippen molar-refractivity contribution < 1.29 is 23.4 Å². The summed E-state index contributed by atoms with van der Waals surface area (Å²) in [5.41, 5.74) is 3.99. The van der Waals surface area contributed by atoms with Gasteiger partial charge in [0.1, 0.15) is 11.3 Å². The normalized spacial score (nSPS) is 11.8. The molecule has 5 rings (SSSR count). The highest BCUT2D eigenvalue weighted by molar-refractivity contribution is 6.11. The average molecular weight is 463 g/mol. The Morgan fingerprint density at radius 2 is 1.91 bits per heavy atom. The minimum absolute atomic E-state index is 0.0102. The Bertz CT molecular complexity index is 1600. The number of methoxy groups -OCH3 is 1. The van der Waals surface area contributed by atoms with Crippen LogP contribution in [0.4, 0.5) is 8.78 Å². The maximum absolute atomic E-state index is 15.0. The minimum Gasteiger partial charge on any atom is -0.478 e. The molecule has 0 aliphatic heterocycles. The number of ether oxygens (including phenoxy) is 1. The average Bonchev–Trinajstić information content (AvgIpc) is 3.37. The van der Waals surface area contributed by atoms with E-state index in [0.717, 1.165) is 27.4 Å². The van der Waals surface area contributed by atoms with Gasteiger partial charge >= 0.3 is 5.97 Å². The number of carboxylic acids is 1. The van der Waals surface area contributed by atoms with E-state index in [1.54, 1.807) is 11.7 Å². The van der Waals surface area contributed by atoms with Gasteiger partial charge in [0, 0.05) is 42.1 Å². The Balaban J connectivity index is 1.86. The molecule has 0 aliphatic carbocycles. The highest BCUT2D eigenvalue weighted by atomic mass is 19.1. The number of carboxylic acid groups (broad SMARTS) is 1. The van der Waals surface area contributed by atoms with E-state index in [1.165, 1.54) is 24.5 Å². The lowest BCUT2D eigenvalue weighted by Gasteiger charge is -2.12. The van der Waals surface area contributed by atoms with E-state index >= 15 is 4.39 Å². The Hall–Kier alpha value is -3.78. The van der Waals surface area contributed by atoms with Crippen molar-refractivity contribution in [3.05, 3.63) is 65.5 Å². The predicted molar refractivity (Wildman–Crippen MR) is 127 cm³/mol. The monoisotopic (exact) mass is 463 g/mol. The molecule has 3 aromatic carbocycles. The Morgan fingerprint density at radius 3 is 2.62 bits per heavy atom. The SMILES string of the molecule is CCn1c2ccc(-c3cc(C(=O)O)c(F)c4ncn(CCOC)c34)cc2c2cc(F)cc(C)c21. The second-order valence-electron chi connectivity index (χ2n) is 8.31. The van der Waals surface area contributed by atoms with Crippen molar-refractivity contribution in [3.8, 4) is 11.1 Å². The first-order valence-corrected chi connectivity index (χ1v) is 11.0. The molecule has 2 heterocycles. The number of imidazole rings is 1. The van der Waals surface area contributed by atoms with Crippen molar-refractivity contribution in [3.63, 3.8) is 0 Å². The van der Waals surface area contributed by atoms with Gasteiger partial charge in [0.05, 0.1) is 29.5 Å². The van der Waals surface area contributed by atoms with Crippen LogP contribution in [0.2, 0.25) is 0 Å². The molecule has 0 saturated carbocycles. The van der Waals surface area contributed by atoms with Gasteiger partial charge in [0.2, 0.25) is 0 Å². The largest absolute Gasteiger partial charge is 0.478 e. The summed E-state index contributed by atoms with van der Waals surface area (Å²) < 4.78 is 38.4. The Morgan fingerprint density at radius 1 is 1.12 bits per heavy atom. The van der Waals surface area contributed by atoms with Gasteiger partial charge in [-0.2, -0.15) is 0 Å². The van der Waals surface area contributed by atoms with Crippen LogP contribution in [0.3, 0.4) is 0 Å². The van der Waals surface area contributed by atoms with Gasteiger partial charge in [-0.15, -0.1) is 0 Å².